The van der Waals surface area contributed by atoms with Gasteiger partial charge in [0.05, 0.1) is 30.8 Å². The number of morpholine rings is 1. The van der Waals surface area contributed by atoms with Gasteiger partial charge in [0.2, 0.25) is 0 Å². The first-order valence-electron chi connectivity index (χ1n) is 6.48. The van der Waals surface area contributed by atoms with Crippen LogP contribution in [-0.2, 0) is 17.7 Å². The monoisotopic (exact) mass is 237 g/mol. The van der Waals surface area contributed by atoms with Crippen molar-refractivity contribution in [3.05, 3.63) is 23.8 Å². The molecule has 0 unspecified atom stereocenters. The highest BCUT2D eigenvalue weighted by molar-refractivity contribution is 5.02. The Labute approximate surface area is 104 Å². The number of nitrogens with zero attached hydrogens (tertiary/aromatic N) is 3. The van der Waals surface area contributed by atoms with Gasteiger partial charge in [0.15, 0.2) is 0 Å². The van der Waals surface area contributed by atoms with E-state index in [9.17, 15) is 0 Å². The number of hydrogen-bond acceptors (Lipinski definition) is 4. The van der Waals surface area contributed by atoms with Crippen molar-refractivity contribution >= 4 is 0 Å². The van der Waals surface area contributed by atoms with Crippen LogP contribution in [-0.4, -0.2) is 41.2 Å². The molecule has 2 rings (SSSR count). The highest BCUT2D eigenvalue weighted by atomic mass is 16.5. The fourth-order valence-corrected chi connectivity index (χ4v) is 1.63. The molecule has 17 heavy (non-hydrogen) atoms. The van der Waals surface area contributed by atoms with E-state index in [2.05, 4.69) is 21.8 Å². The Balaban J connectivity index is 0.000000686. The third-order valence-corrected chi connectivity index (χ3v) is 2.61. The van der Waals surface area contributed by atoms with Crippen LogP contribution in [0.5, 0.6) is 0 Å². The topological polar surface area (TPSA) is 38.2 Å². The van der Waals surface area contributed by atoms with Gasteiger partial charge in [-0.2, -0.15) is 0 Å². The molecule has 1 saturated heterocycles. The van der Waals surface area contributed by atoms with Crippen molar-refractivity contribution in [1.82, 2.24) is 14.9 Å². The van der Waals surface area contributed by atoms with Crippen LogP contribution in [0, 0.1) is 0 Å². The van der Waals surface area contributed by atoms with E-state index >= 15 is 0 Å². The Morgan fingerprint density at radius 2 is 1.71 bits per heavy atom. The summed E-state index contributed by atoms with van der Waals surface area (Å²) in [5, 5.41) is 0. The van der Waals surface area contributed by atoms with Gasteiger partial charge >= 0.3 is 0 Å². The van der Waals surface area contributed by atoms with Gasteiger partial charge in [-0.1, -0.05) is 20.8 Å². The molecule has 96 valence electrons. The van der Waals surface area contributed by atoms with Crippen molar-refractivity contribution in [2.45, 2.75) is 33.7 Å². The first-order valence-corrected chi connectivity index (χ1v) is 6.48. The molecule has 0 aliphatic carbocycles. The van der Waals surface area contributed by atoms with E-state index < -0.39 is 0 Å². The lowest BCUT2D eigenvalue weighted by molar-refractivity contribution is 0.0336. The third kappa shape index (κ3) is 4.79. The number of hydrogen-bond donors (Lipinski definition) is 0. The summed E-state index contributed by atoms with van der Waals surface area (Å²) in [6, 6.07) is 0. The standard InChI is InChI=1S/C11H17N3O.C2H6/c1-2-10-7-13-11(8-12-10)9-14-3-5-15-6-4-14;1-2/h7-8H,2-6,9H2,1H3;1-2H3. The lowest BCUT2D eigenvalue weighted by Crippen LogP contribution is -2.35. The first-order chi connectivity index (χ1) is 8.38. The van der Waals surface area contributed by atoms with Crippen LogP contribution >= 0.6 is 0 Å². The maximum Gasteiger partial charge on any atom is 0.0727 e. The van der Waals surface area contributed by atoms with Gasteiger partial charge in [-0.05, 0) is 6.42 Å². The number of rotatable bonds is 3. The van der Waals surface area contributed by atoms with Gasteiger partial charge in [0, 0.05) is 25.8 Å². The first kappa shape index (κ1) is 14.1. The highest BCUT2D eigenvalue weighted by Crippen LogP contribution is 2.04. The molecule has 1 fully saturated rings. The molecule has 0 spiro atoms. The zero-order chi connectivity index (χ0) is 12.5. The Kier molecular flexibility index (Phi) is 6.74. The van der Waals surface area contributed by atoms with Gasteiger partial charge in [0.25, 0.3) is 0 Å². The van der Waals surface area contributed by atoms with Crippen LogP contribution in [0.15, 0.2) is 12.4 Å². The van der Waals surface area contributed by atoms with Crippen molar-refractivity contribution < 1.29 is 4.74 Å². The Hall–Kier alpha value is -1.00. The van der Waals surface area contributed by atoms with Crippen molar-refractivity contribution in [2.75, 3.05) is 26.3 Å². The van der Waals surface area contributed by atoms with Crippen LogP contribution in [0.4, 0.5) is 0 Å². The van der Waals surface area contributed by atoms with E-state index in [1.807, 2.05) is 26.2 Å². The molecular formula is C13H23N3O. The third-order valence-electron chi connectivity index (χ3n) is 2.61. The molecule has 0 amide bonds. The molecule has 1 aliphatic rings. The zero-order valence-electron chi connectivity index (χ0n) is 11.1. The van der Waals surface area contributed by atoms with Crippen LogP contribution in [0.3, 0.4) is 0 Å². The van der Waals surface area contributed by atoms with E-state index in [1.165, 1.54) is 0 Å². The maximum absolute atomic E-state index is 5.30. The van der Waals surface area contributed by atoms with E-state index in [1.54, 1.807) is 0 Å². The fraction of sp³-hybridized carbons (Fsp3) is 0.692. The molecule has 0 N–H and O–H groups in total. The second-order valence-electron chi connectivity index (χ2n) is 3.74. The number of ether oxygens (including phenoxy) is 1. The van der Waals surface area contributed by atoms with Gasteiger partial charge in [-0.25, -0.2) is 0 Å². The summed E-state index contributed by atoms with van der Waals surface area (Å²) >= 11 is 0. The molecule has 4 heteroatoms. The normalized spacial score (nSPS) is 16.2. The fourth-order valence-electron chi connectivity index (χ4n) is 1.63. The summed E-state index contributed by atoms with van der Waals surface area (Å²) in [5.74, 6) is 0. The summed E-state index contributed by atoms with van der Waals surface area (Å²) in [4.78, 5) is 11.1. The smallest absolute Gasteiger partial charge is 0.0727 e. The van der Waals surface area contributed by atoms with E-state index in [4.69, 9.17) is 4.74 Å². The number of aryl methyl sites for hydroxylation is 1. The molecule has 0 radical (unpaired) electrons. The van der Waals surface area contributed by atoms with Gasteiger partial charge < -0.3 is 4.74 Å². The van der Waals surface area contributed by atoms with E-state index in [0.29, 0.717) is 0 Å². The van der Waals surface area contributed by atoms with Crippen LogP contribution < -0.4 is 0 Å². The van der Waals surface area contributed by atoms with Crippen molar-refractivity contribution in [2.24, 2.45) is 0 Å². The molecule has 1 aromatic rings. The summed E-state index contributed by atoms with van der Waals surface area (Å²) in [7, 11) is 0. The summed E-state index contributed by atoms with van der Waals surface area (Å²) in [6.07, 6.45) is 4.70. The highest BCUT2D eigenvalue weighted by Gasteiger charge is 2.11. The molecule has 2 heterocycles. The quantitative estimate of drug-likeness (QED) is 0.804. The Morgan fingerprint density at radius 3 is 2.24 bits per heavy atom. The molecule has 0 saturated carbocycles. The van der Waals surface area contributed by atoms with Gasteiger partial charge in [0.1, 0.15) is 0 Å². The van der Waals surface area contributed by atoms with Crippen LogP contribution in [0.25, 0.3) is 0 Å². The molecule has 0 atom stereocenters. The molecular weight excluding hydrogens is 214 g/mol. The molecule has 1 aliphatic heterocycles. The average molecular weight is 237 g/mol. The lowest BCUT2D eigenvalue weighted by Gasteiger charge is -2.25. The summed E-state index contributed by atoms with van der Waals surface area (Å²) in [5.41, 5.74) is 2.11. The average Bonchev–Trinajstić information content (AvgIpc) is 2.43. The molecule has 0 bridgehead atoms. The molecule has 1 aromatic heterocycles. The van der Waals surface area contributed by atoms with Crippen molar-refractivity contribution in [3.8, 4) is 0 Å². The molecule has 4 nitrogen and oxygen atoms in total. The minimum Gasteiger partial charge on any atom is -0.379 e. The lowest BCUT2D eigenvalue weighted by atomic mass is 10.3. The minimum atomic E-state index is 0.834. The minimum absolute atomic E-state index is 0.834. The molecule has 0 aromatic carbocycles. The van der Waals surface area contributed by atoms with E-state index in [0.717, 1.165) is 50.7 Å². The predicted octanol–water partition coefficient (Wildman–Crippen LogP) is 1.90. The second kappa shape index (κ2) is 8.14. The van der Waals surface area contributed by atoms with Crippen molar-refractivity contribution in [3.63, 3.8) is 0 Å². The Morgan fingerprint density at radius 1 is 1.12 bits per heavy atom. The Bertz CT molecular complexity index is 294. The van der Waals surface area contributed by atoms with Crippen LogP contribution in [0.2, 0.25) is 0 Å². The SMILES string of the molecule is CC.CCc1cnc(CN2CCOCC2)cn1. The largest absolute Gasteiger partial charge is 0.379 e. The maximum atomic E-state index is 5.30. The van der Waals surface area contributed by atoms with E-state index in [-0.39, 0.29) is 0 Å². The second-order valence-corrected chi connectivity index (χ2v) is 3.74. The predicted molar refractivity (Wildman–Crippen MR) is 68.9 cm³/mol. The van der Waals surface area contributed by atoms with Gasteiger partial charge in [-0.3, -0.25) is 14.9 Å². The number of aromatic nitrogens is 2. The summed E-state index contributed by atoms with van der Waals surface area (Å²) in [6.45, 7) is 10.6. The van der Waals surface area contributed by atoms with Gasteiger partial charge in [-0.15, -0.1) is 0 Å². The zero-order valence-corrected chi connectivity index (χ0v) is 11.1. The van der Waals surface area contributed by atoms with Crippen molar-refractivity contribution in [1.29, 1.82) is 0 Å². The van der Waals surface area contributed by atoms with Crippen LogP contribution in [0.1, 0.15) is 32.2 Å². The summed E-state index contributed by atoms with van der Waals surface area (Å²) < 4.78 is 5.30.